The summed E-state index contributed by atoms with van der Waals surface area (Å²) < 4.78 is 1.46. The molecule has 1 N–H and O–H groups in total. The van der Waals surface area contributed by atoms with Crippen LogP contribution < -0.4 is 5.32 Å². The predicted octanol–water partition coefficient (Wildman–Crippen LogP) is 2.33. The minimum absolute atomic E-state index is 0.0802. The third-order valence-corrected chi connectivity index (χ3v) is 3.47. The monoisotopic (exact) mass is 312 g/mol. The molecule has 0 saturated heterocycles. The molecule has 1 heterocycles. The number of amides is 1. The van der Waals surface area contributed by atoms with Crippen LogP contribution in [0.4, 0.5) is 0 Å². The van der Waals surface area contributed by atoms with Crippen molar-refractivity contribution in [2.75, 3.05) is 0 Å². The van der Waals surface area contributed by atoms with Crippen LogP contribution in [0.2, 0.25) is 10.0 Å². The van der Waals surface area contributed by atoms with E-state index in [0.717, 1.165) is 5.56 Å². The maximum atomic E-state index is 11.8. The number of carbonyl (C=O) groups excluding carboxylic acids is 1. The number of nitrogens with zero attached hydrogens (tertiary/aromatic N) is 3. The summed E-state index contributed by atoms with van der Waals surface area (Å²) in [6.07, 6.45) is 3.73. The van der Waals surface area contributed by atoms with Crippen molar-refractivity contribution in [2.45, 2.75) is 25.9 Å². The van der Waals surface area contributed by atoms with Gasteiger partial charge in [0.25, 0.3) is 0 Å². The Balaban J connectivity index is 1.92. The van der Waals surface area contributed by atoms with Crippen molar-refractivity contribution >= 4 is 29.1 Å². The largest absolute Gasteiger partial charge is 0.352 e. The van der Waals surface area contributed by atoms with E-state index in [2.05, 4.69) is 15.6 Å². The Morgan fingerprint density at radius 1 is 1.40 bits per heavy atom. The second-order valence-corrected chi connectivity index (χ2v) is 5.29. The van der Waals surface area contributed by atoms with Gasteiger partial charge in [-0.25, -0.2) is 4.68 Å². The fourth-order valence-corrected chi connectivity index (χ4v) is 2.42. The molecule has 0 spiro atoms. The first-order chi connectivity index (χ1) is 9.56. The summed E-state index contributed by atoms with van der Waals surface area (Å²) in [4.78, 5) is 11.8. The smallest absolute Gasteiger partial charge is 0.242 e. The molecule has 0 fully saturated rings. The van der Waals surface area contributed by atoms with E-state index in [1.54, 1.807) is 24.4 Å². The maximum absolute atomic E-state index is 11.8. The Kier molecular flexibility index (Phi) is 4.98. The number of hydrogen-bond acceptors (Lipinski definition) is 3. The topological polar surface area (TPSA) is 59.8 Å². The lowest BCUT2D eigenvalue weighted by atomic mass is 10.1. The van der Waals surface area contributed by atoms with Crippen LogP contribution in [0.1, 0.15) is 12.5 Å². The van der Waals surface area contributed by atoms with Gasteiger partial charge in [0.1, 0.15) is 6.54 Å². The van der Waals surface area contributed by atoms with E-state index < -0.39 is 0 Å². The number of hydrogen-bond donors (Lipinski definition) is 1. The molecule has 0 aliphatic carbocycles. The Bertz CT molecular complexity index is 566. The number of halogens is 2. The predicted molar refractivity (Wildman–Crippen MR) is 77.8 cm³/mol. The lowest BCUT2D eigenvalue weighted by Gasteiger charge is -2.15. The lowest BCUT2D eigenvalue weighted by Crippen LogP contribution is -2.36. The molecule has 0 unspecified atom stereocenters. The summed E-state index contributed by atoms with van der Waals surface area (Å²) in [6.45, 7) is 2.04. The van der Waals surface area contributed by atoms with Gasteiger partial charge in [-0.2, -0.15) is 0 Å². The van der Waals surface area contributed by atoms with E-state index in [4.69, 9.17) is 23.2 Å². The van der Waals surface area contributed by atoms with E-state index in [9.17, 15) is 4.79 Å². The van der Waals surface area contributed by atoms with Crippen LogP contribution in [-0.4, -0.2) is 26.9 Å². The van der Waals surface area contributed by atoms with Gasteiger partial charge in [-0.05, 0) is 31.0 Å². The fourth-order valence-electron chi connectivity index (χ4n) is 1.87. The van der Waals surface area contributed by atoms with E-state index in [0.29, 0.717) is 16.5 Å². The summed E-state index contributed by atoms with van der Waals surface area (Å²) in [6, 6.07) is 5.28. The van der Waals surface area contributed by atoms with Crippen LogP contribution in [0, 0.1) is 0 Å². The molecule has 5 nitrogen and oxygen atoms in total. The van der Waals surface area contributed by atoms with Crippen molar-refractivity contribution in [1.29, 1.82) is 0 Å². The molecule has 1 aromatic heterocycles. The fraction of sp³-hybridized carbons (Fsp3) is 0.308. The summed E-state index contributed by atoms with van der Waals surface area (Å²) in [5.74, 6) is -0.133. The highest BCUT2D eigenvalue weighted by atomic mass is 35.5. The maximum Gasteiger partial charge on any atom is 0.242 e. The molecule has 0 saturated carbocycles. The van der Waals surface area contributed by atoms with Gasteiger partial charge >= 0.3 is 0 Å². The van der Waals surface area contributed by atoms with Gasteiger partial charge in [-0.15, -0.1) is 5.10 Å². The second-order valence-electron chi connectivity index (χ2n) is 4.47. The summed E-state index contributed by atoms with van der Waals surface area (Å²) >= 11 is 12.2. The van der Waals surface area contributed by atoms with E-state index in [1.165, 1.54) is 10.9 Å². The number of aromatic nitrogens is 3. The van der Waals surface area contributed by atoms with Crippen LogP contribution in [-0.2, 0) is 17.8 Å². The molecule has 20 heavy (non-hydrogen) atoms. The first kappa shape index (κ1) is 14.8. The van der Waals surface area contributed by atoms with Gasteiger partial charge in [-0.1, -0.05) is 34.5 Å². The van der Waals surface area contributed by atoms with Gasteiger partial charge in [0, 0.05) is 22.3 Å². The summed E-state index contributed by atoms with van der Waals surface area (Å²) in [5.41, 5.74) is 0.837. The van der Waals surface area contributed by atoms with Crippen molar-refractivity contribution in [1.82, 2.24) is 20.3 Å². The molecule has 1 aromatic carbocycles. The normalized spacial score (nSPS) is 12.2. The summed E-state index contributed by atoms with van der Waals surface area (Å²) in [5, 5.41) is 11.5. The average Bonchev–Trinajstić information content (AvgIpc) is 2.86. The molecule has 0 aliphatic heterocycles. The van der Waals surface area contributed by atoms with Crippen LogP contribution >= 0.6 is 23.2 Å². The SMILES string of the molecule is C[C@H](Cc1c(Cl)cccc1Cl)NC(=O)Cn1ccnn1. The van der Waals surface area contributed by atoms with Crippen molar-refractivity contribution in [3.8, 4) is 0 Å². The number of rotatable bonds is 5. The first-order valence-corrected chi connectivity index (χ1v) is 6.88. The molecular weight excluding hydrogens is 299 g/mol. The minimum Gasteiger partial charge on any atom is -0.352 e. The zero-order valence-electron chi connectivity index (χ0n) is 10.9. The highest BCUT2D eigenvalue weighted by Crippen LogP contribution is 2.25. The summed E-state index contributed by atoms with van der Waals surface area (Å²) in [7, 11) is 0. The quantitative estimate of drug-likeness (QED) is 0.921. The Hall–Kier alpha value is -1.59. The van der Waals surface area contributed by atoms with Gasteiger partial charge in [0.05, 0.1) is 6.20 Å². The Labute approximate surface area is 126 Å². The standard InChI is InChI=1S/C13H14Cl2N4O/c1-9(7-10-11(14)3-2-4-12(10)15)17-13(20)8-19-6-5-16-18-19/h2-6,9H,7-8H2,1H3,(H,17,20)/t9-/m1/s1. The van der Waals surface area contributed by atoms with Gasteiger partial charge < -0.3 is 5.32 Å². The van der Waals surface area contributed by atoms with Gasteiger partial charge in [0.15, 0.2) is 0 Å². The molecule has 2 rings (SSSR count). The van der Waals surface area contributed by atoms with Crippen molar-refractivity contribution in [2.24, 2.45) is 0 Å². The van der Waals surface area contributed by atoms with Crippen LogP contribution in [0.25, 0.3) is 0 Å². The van der Waals surface area contributed by atoms with Crippen molar-refractivity contribution in [3.63, 3.8) is 0 Å². The van der Waals surface area contributed by atoms with E-state index in [-0.39, 0.29) is 18.5 Å². The zero-order chi connectivity index (χ0) is 14.5. The number of nitrogens with one attached hydrogen (secondary N) is 1. The third-order valence-electron chi connectivity index (χ3n) is 2.76. The zero-order valence-corrected chi connectivity index (χ0v) is 12.4. The molecule has 106 valence electrons. The van der Waals surface area contributed by atoms with Gasteiger partial charge in [0.2, 0.25) is 5.91 Å². The minimum atomic E-state index is -0.133. The average molecular weight is 313 g/mol. The first-order valence-electron chi connectivity index (χ1n) is 6.12. The molecule has 1 amide bonds. The molecule has 1 atom stereocenters. The number of carbonyl (C=O) groups is 1. The Morgan fingerprint density at radius 3 is 2.70 bits per heavy atom. The molecular formula is C13H14Cl2N4O. The van der Waals surface area contributed by atoms with E-state index in [1.807, 2.05) is 6.92 Å². The molecule has 7 heteroatoms. The van der Waals surface area contributed by atoms with Crippen LogP contribution in [0.3, 0.4) is 0 Å². The van der Waals surface area contributed by atoms with E-state index >= 15 is 0 Å². The highest BCUT2D eigenvalue weighted by Gasteiger charge is 2.13. The number of benzene rings is 1. The van der Waals surface area contributed by atoms with Crippen LogP contribution in [0.5, 0.6) is 0 Å². The van der Waals surface area contributed by atoms with Crippen molar-refractivity contribution in [3.05, 3.63) is 46.2 Å². The molecule has 0 aliphatic rings. The van der Waals surface area contributed by atoms with Crippen molar-refractivity contribution < 1.29 is 4.79 Å². The lowest BCUT2D eigenvalue weighted by molar-refractivity contribution is -0.122. The van der Waals surface area contributed by atoms with Gasteiger partial charge in [-0.3, -0.25) is 4.79 Å². The van der Waals surface area contributed by atoms with Crippen LogP contribution in [0.15, 0.2) is 30.6 Å². The molecule has 2 aromatic rings. The second kappa shape index (κ2) is 6.72. The highest BCUT2D eigenvalue weighted by molar-refractivity contribution is 6.36. The molecule has 0 radical (unpaired) electrons. The molecule has 0 bridgehead atoms. The third kappa shape index (κ3) is 3.95. The Morgan fingerprint density at radius 2 is 2.10 bits per heavy atom.